The van der Waals surface area contributed by atoms with Crippen molar-refractivity contribution in [2.24, 2.45) is 0 Å². The highest BCUT2D eigenvalue weighted by atomic mass is 79.9. The highest BCUT2D eigenvalue weighted by Gasteiger charge is 2.19. The van der Waals surface area contributed by atoms with E-state index >= 15 is 0 Å². The van der Waals surface area contributed by atoms with E-state index in [1.807, 2.05) is 12.1 Å². The second kappa shape index (κ2) is 6.01. The van der Waals surface area contributed by atoms with Crippen molar-refractivity contribution >= 4 is 50.7 Å². The molecule has 0 heterocycles. The molecule has 0 saturated carbocycles. The van der Waals surface area contributed by atoms with Crippen LogP contribution in [0, 0.1) is 12.7 Å². The van der Waals surface area contributed by atoms with Gasteiger partial charge in [0, 0.05) is 5.02 Å². The Morgan fingerprint density at radius 1 is 1.05 bits per heavy atom. The van der Waals surface area contributed by atoms with E-state index in [1.54, 1.807) is 19.1 Å². The number of aryl methyl sites for hydroxylation is 1. The molecule has 2 aromatic carbocycles. The summed E-state index contributed by atoms with van der Waals surface area (Å²) < 4.78 is 13.4. The minimum absolute atomic E-state index is 0.245. The van der Waals surface area contributed by atoms with Gasteiger partial charge in [0.15, 0.2) is 0 Å². The number of rotatable bonds is 2. The summed E-state index contributed by atoms with van der Waals surface area (Å²) in [5.41, 5.74) is 2.08. The molecule has 0 nitrogen and oxygen atoms in total. The molecule has 19 heavy (non-hydrogen) atoms. The van der Waals surface area contributed by atoms with Gasteiger partial charge in [0.1, 0.15) is 5.82 Å². The first-order valence-electron chi connectivity index (χ1n) is 5.45. The fourth-order valence-corrected chi connectivity index (χ4v) is 3.46. The number of alkyl halides is 1. The Labute approximate surface area is 134 Å². The predicted octanol–water partition coefficient (Wildman–Crippen LogP) is 6.58. The maximum atomic E-state index is 13.4. The van der Waals surface area contributed by atoms with Crippen LogP contribution < -0.4 is 0 Å². The van der Waals surface area contributed by atoms with E-state index in [2.05, 4.69) is 15.9 Å². The van der Waals surface area contributed by atoms with Crippen molar-refractivity contribution in [3.63, 3.8) is 0 Å². The normalized spacial score (nSPS) is 12.5. The number of hydrogen-bond acceptors (Lipinski definition) is 0. The van der Waals surface area contributed by atoms with Crippen LogP contribution in [0.2, 0.25) is 15.1 Å². The second-order valence-electron chi connectivity index (χ2n) is 4.13. The minimum atomic E-state index is -0.328. The summed E-state index contributed by atoms with van der Waals surface area (Å²) in [6, 6.07) is 8.38. The summed E-state index contributed by atoms with van der Waals surface area (Å²) in [5.74, 6) is -0.328. The van der Waals surface area contributed by atoms with Gasteiger partial charge >= 0.3 is 0 Å². The maximum absolute atomic E-state index is 13.4. The van der Waals surface area contributed by atoms with Gasteiger partial charge in [-0.05, 0) is 35.7 Å². The zero-order valence-corrected chi connectivity index (χ0v) is 13.7. The van der Waals surface area contributed by atoms with E-state index in [0.717, 1.165) is 11.1 Å². The largest absolute Gasteiger partial charge is 0.207 e. The quantitative estimate of drug-likeness (QED) is 0.515. The van der Waals surface area contributed by atoms with E-state index in [9.17, 15) is 4.39 Å². The highest BCUT2D eigenvalue weighted by molar-refractivity contribution is 9.09. The lowest BCUT2D eigenvalue weighted by Crippen LogP contribution is -1.97. The van der Waals surface area contributed by atoms with Crippen LogP contribution >= 0.6 is 50.7 Å². The van der Waals surface area contributed by atoms with Crippen LogP contribution in [0.4, 0.5) is 4.39 Å². The van der Waals surface area contributed by atoms with Gasteiger partial charge < -0.3 is 0 Å². The van der Waals surface area contributed by atoms with Crippen LogP contribution in [0.3, 0.4) is 0 Å². The fraction of sp³-hybridized carbons (Fsp3) is 0.143. The first kappa shape index (κ1) is 15.1. The molecule has 0 radical (unpaired) electrons. The zero-order chi connectivity index (χ0) is 14.2. The van der Waals surface area contributed by atoms with Crippen LogP contribution in [0.25, 0.3) is 0 Å². The molecular weight excluding hydrogens is 373 g/mol. The third kappa shape index (κ3) is 3.08. The average Bonchev–Trinajstić information content (AvgIpc) is 2.36. The van der Waals surface area contributed by atoms with Gasteiger partial charge in [0.05, 0.1) is 14.9 Å². The number of halogens is 5. The lowest BCUT2D eigenvalue weighted by atomic mass is 10.0. The molecule has 0 N–H and O–H groups in total. The molecular formula is C14H9BrCl3F. The molecule has 0 aliphatic heterocycles. The van der Waals surface area contributed by atoms with E-state index in [1.165, 1.54) is 6.07 Å². The molecule has 0 amide bonds. The summed E-state index contributed by atoms with van der Waals surface area (Å²) in [4.78, 5) is -0.245. The summed E-state index contributed by atoms with van der Waals surface area (Å²) in [7, 11) is 0. The Bertz CT molecular complexity index is 628. The van der Waals surface area contributed by atoms with Crippen molar-refractivity contribution < 1.29 is 4.39 Å². The SMILES string of the molecule is Cc1cc(C(Br)c2cccc(Cl)c2Cl)c(Cl)cc1F. The average molecular weight is 382 g/mol. The van der Waals surface area contributed by atoms with Gasteiger partial charge in [-0.2, -0.15) is 0 Å². The van der Waals surface area contributed by atoms with Crippen LogP contribution in [0.5, 0.6) is 0 Å². The van der Waals surface area contributed by atoms with E-state index in [4.69, 9.17) is 34.8 Å². The lowest BCUT2D eigenvalue weighted by molar-refractivity contribution is 0.618. The third-order valence-electron chi connectivity index (χ3n) is 2.81. The molecule has 0 aromatic heterocycles. The van der Waals surface area contributed by atoms with Crippen molar-refractivity contribution in [3.05, 3.63) is 67.9 Å². The molecule has 0 saturated heterocycles. The Morgan fingerprint density at radius 3 is 2.42 bits per heavy atom. The number of hydrogen-bond donors (Lipinski definition) is 0. The smallest absolute Gasteiger partial charge is 0.127 e. The number of benzene rings is 2. The van der Waals surface area contributed by atoms with Crippen molar-refractivity contribution in [2.75, 3.05) is 0 Å². The molecule has 0 aliphatic rings. The van der Waals surface area contributed by atoms with Crippen molar-refractivity contribution in [3.8, 4) is 0 Å². The van der Waals surface area contributed by atoms with E-state index in [0.29, 0.717) is 20.6 Å². The molecule has 1 unspecified atom stereocenters. The van der Waals surface area contributed by atoms with Gasteiger partial charge in [-0.1, -0.05) is 68.9 Å². The minimum Gasteiger partial charge on any atom is -0.207 e. The lowest BCUT2D eigenvalue weighted by Gasteiger charge is -2.15. The van der Waals surface area contributed by atoms with Crippen molar-refractivity contribution in [1.82, 2.24) is 0 Å². The third-order valence-corrected chi connectivity index (χ3v) is 4.95. The summed E-state index contributed by atoms with van der Waals surface area (Å²) >= 11 is 21.8. The molecule has 100 valence electrons. The summed E-state index contributed by atoms with van der Waals surface area (Å²) in [6.45, 7) is 1.69. The predicted molar refractivity (Wildman–Crippen MR) is 83.4 cm³/mol. The fourth-order valence-electron chi connectivity index (χ4n) is 1.76. The second-order valence-corrected chi connectivity index (χ2v) is 6.24. The van der Waals surface area contributed by atoms with Crippen molar-refractivity contribution in [1.29, 1.82) is 0 Å². The Morgan fingerprint density at radius 2 is 1.74 bits per heavy atom. The van der Waals surface area contributed by atoms with Crippen LogP contribution in [-0.2, 0) is 0 Å². The molecule has 1 atom stereocenters. The monoisotopic (exact) mass is 380 g/mol. The molecule has 2 rings (SSSR count). The Kier molecular flexibility index (Phi) is 4.78. The first-order valence-corrected chi connectivity index (χ1v) is 7.50. The van der Waals surface area contributed by atoms with Gasteiger partial charge in [0.25, 0.3) is 0 Å². The van der Waals surface area contributed by atoms with E-state index < -0.39 is 0 Å². The van der Waals surface area contributed by atoms with Gasteiger partial charge in [0.2, 0.25) is 0 Å². The van der Waals surface area contributed by atoms with E-state index in [-0.39, 0.29) is 10.6 Å². The van der Waals surface area contributed by atoms with Crippen LogP contribution in [0.1, 0.15) is 21.5 Å². The topological polar surface area (TPSA) is 0 Å². The zero-order valence-electron chi connectivity index (χ0n) is 9.85. The molecule has 2 aromatic rings. The summed E-state index contributed by atoms with van der Waals surface area (Å²) in [5, 5.41) is 1.28. The van der Waals surface area contributed by atoms with Crippen LogP contribution in [-0.4, -0.2) is 0 Å². The standard InChI is InChI=1S/C14H9BrCl3F/c1-7-5-9(11(17)6-12(7)19)13(15)8-3-2-4-10(16)14(8)18/h2-6,13H,1H3. The van der Waals surface area contributed by atoms with Gasteiger partial charge in [-0.25, -0.2) is 4.39 Å². The maximum Gasteiger partial charge on any atom is 0.127 e. The molecule has 0 spiro atoms. The van der Waals surface area contributed by atoms with Gasteiger partial charge in [-0.15, -0.1) is 0 Å². The Hall–Kier alpha value is -0.280. The summed E-state index contributed by atoms with van der Waals surface area (Å²) in [6.07, 6.45) is 0. The van der Waals surface area contributed by atoms with Gasteiger partial charge in [-0.3, -0.25) is 0 Å². The van der Waals surface area contributed by atoms with Crippen molar-refractivity contribution in [2.45, 2.75) is 11.8 Å². The van der Waals surface area contributed by atoms with Crippen LogP contribution in [0.15, 0.2) is 30.3 Å². The molecule has 0 fully saturated rings. The molecule has 5 heteroatoms. The highest BCUT2D eigenvalue weighted by Crippen LogP contribution is 2.41. The Balaban J connectivity index is 2.53. The first-order chi connectivity index (χ1) is 8.91. The molecule has 0 bridgehead atoms. The molecule has 0 aliphatic carbocycles.